The molecule has 0 aromatic heterocycles. The lowest BCUT2D eigenvalue weighted by atomic mass is 10.1. The van der Waals surface area contributed by atoms with Crippen molar-refractivity contribution in [3.05, 3.63) is 35.4 Å². The highest BCUT2D eigenvalue weighted by molar-refractivity contribution is 14.0. The molecular formula is C17H31IN4. The standard InChI is InChI=1S/C17H30N4.HI/c1-6-18-17(19-11-14(2)3)20-12-15-9-7-8-10-16(15)13-21(4)5;/h7-10,14H,6,11-13H2,1-5H3,(H2,18,19,20);1H. The first-order valence-corrected chi connectivity index (χ1v) is 7.76. The summed E-state index contributed by atoms with van der Waals surface area (Å²) < 4.78 is 0. The van der Waals surface area contributed by atoms with Crippen LogP contribution in [0, 0.1) is 5.92 Å². The molecule has 0 radical (unpaired) electrons. The number of halogens is 1. The lowest BCUT2D eigenvalue weighted by Gasteiger charge is -2.15. The first-order valence-electron chi connectivity index (χ1n) is 7.76. The Kier molecular flexibility index (Phi) is 11.3. The molecule has 0 aliphatic carbocycles. The Hall–Kier alpha value is -0.820. The second-order valence-electron chi connectivity index (χ2n) is 5.98. The van der Waals surface area contributed by atoms with Gasteiger partial charge in [0.1, 0.15) is 0 Å². The maximum atomic E-state index is 4.70. The Morgan fingerprint density at radius 1 is 1.14 bits per heavy atom. The van der Waals surface area contributed by atoms with Gasteiger partial charge in [-0.1, -0.05) is 38.1 Å². The van der Waals surface area contributed by atoms with Crippen LogP contribution >= 0.6 is 24.0 Å². The van der Waals surface area contributed by atoms with Crippen molar-refractivity contribution >= 4 is 29.9 Å². The van der Waals surface area contributed by atoms with Gasteiger partial charge in [0.05, 0.1) is 6.54 Å². The number of hydrogen-bond donors (Lipinski definition) is 2. The first kappa shape index (κ1) is 21.2. The summed E-state index contributed by atoms with van der Waals surface area (Å²) in [6, 6.07) is 8.51. The molecule has 0 atom stereocenters. The summed E-state index contributed by atoms with van der Waals surface area (Å²) >= 11 is 0. The average molecular weight is 418 g/mol. The number of guanidine groups is 1. The largest absolute Gasteiger partial charge is 0.357 e. The normalized spacial score (nSPS) is 11.5. The van der Waals surface area contributed by atoms with Gasteiger partial charge in [0.2, 0.25) is 0 Å². The molecular weight excluding hydrogens is 387 g/mol. The number of rotatable bonds is 7. The van der Waals surface area contributed by atoms with Crippen molar-refractivity contribution in [3.63, 3.8) is 0 Å². The molecule has 2 N–H and O–H groups in total. The third-order valence-electron chi connectivity index (χ3n) is 3.03. The number of nitrogens with one attached hydrogen (secondary N) is 2. The lowest BCUT2D eigenvalue weighted by molar-refractivity contribution is 0.401. The molecule has 0 amide bonds. The van der Waals surface area contributed by atoms with Crippen LogP contribution in [0.3, 0.4) is 0 Å². The molecule has 1 aromatic rings. The summed E-state index contributed by atoms with van der Waals surface area (Å²) in [7, 11) is 4.18. The lowest BCUT2D eigenvalue weighted by Crippen LogP contribution is -2.39. The van der Waals surface area contributed by atoms with Crippen LogP contribution in [0.25, 0.3) is 0 Å². The van der Waals surface area contributed by atoms with Crippen molar-refractivity contribution in [2.45, 2.75) is 33.9 Å². The summed E-state index contributed by atoms with van der Waals surface area (Å²) in [5, 5.41) is 6.68. The van der Waals surface area contributed by atoms with Crippen molar-refractivity contribution in [1.82, 2.24) is 15.5 Å². The molecule has 5 heteroatoms. The molecule has 0 spiro atoms. The van der Waals surface area contributed by atoms with Crippen molar-refractivity contribution in [2.75, 3.05) is 27.2 Å². The highest BCUT2D eigenvalue weighted by Gasteiger charge is 2.04. The number of nitrogens with zero attached hydrogens (tertiary/aromatic N) is 2. The minimum Gasteiger partial charge on any atom is -0.357 e. The smallest absolute Gasteiger partial charge is 0.191 e. The van der Waals surface area contributed by atoms with E-state index >= 15 is 0 Å². The fraction of sp³-hybridized carbons (Fsp3) is 0.588. The predicted molar refractivity (Wildman–Crippen MR) is 107 cm³/mol. The third-order valence-corrected chi connectivity index (χ3v) is 3.03. The van der Waals surface area contributed by atoms with Gasteiger partial charge in [-0.25, -0.2) is 4.99 Å². The van der Waals surface area contributed by atoms with E-state index in [0.717, 1.165) is 25.6 Å². The highest BCUT2D eigenvalue weighted by atomic mass is 127. The monoisotopic (exact) mass is 418 g/mol. The maximum Gasteiger partial charge on any atom is 0.191 e. The molecule has 0 saturated carbocycles. The van der Waals surface area contributed by atoms with Gasteiger partial charge in [-0.15, -0.1) is 24.0 Å². The van der Waals surface area contributed by atoms with Gasteiger partial charge in [0.25, 0.3) is 0 Å². The molecule has 0 aliphatic rings. The molecule has 22 heavy (non-hydrogen) atoms. The molecule has 1 rings (SSSR count). The van der Waals surface area contributed by atoms with E-state index < -0.39 is 0 Å². The second-order valence-corrected chi connectivity index (χ2v) is 5.98. The van der Waals surface area contributed by atoms with Crippen molar-refractivity contribution < 1.29 is 0 Å². The number of hydrogen-bond acceptors (Lipinski definition) is 2. The number of aliphatic imine (C=N–C) groups is 1. The topological polar surface area (TPSA) is 39.7 Å². The highest BCUT2D eigenvalue weighted by Crippen LogP contribution is 2.11. The fourth-order valence-electron chi connectivity index (χ4n) is 2.01. The van der Waals surface area contributed by atoms with Gasteiger partial charge < -0.3 is 15.5 Å². The Bertz CT molecular complexity index is 444. The summed E-state index contributed by atoms with van der Waals surface area (Å²) in [6.45, 7) is 9.95. The second kappa shape index (κ2) is 11.7. The fourth-order valence-corrected chi connectivity index (χ4v) is 2.01. The average Bonchev–Trinajstić information content (AvgIpc) is 2.42. The van der Waals surface area contributed by atoms with Gasteiger partial charge in [-0.3, -0.25) is 0 Å². The van der Waals surface area contributed by atoms with E-state index in [2.05, 4.69) is 74.7 Å². The SMILES string of the molecule is CCNC(=NCc1ccccc1CN(C)C)NCC(C)C.I. The van der Waals surface area contributed by atoms with Crippen molar-refractivity contribution in [2.24, 2.45) is 10.9 Å². The van der Waals surface area contributed by atoms with E-state index in [4.69, 9.17) is 4.99 Å². The van der Waals surface area contributed by atoms with E-state index in [1.807, 2.05) is 0 Å². The van der Waals surface area contributed by atoms with Crippen LogP contribution < -0.4 is 10.6 Å². The van der Waals surface area contributed by atoms with Crippen LogP contribution in [0.1, 0.15) is 31.9 Å². The van der Waals surface area contributed by atoms with Gasteiger partial charge in [0, 0.05) is 19.6 Å². The molecule has 4 nitrogen and oxygen atoms in total. The zero-order valence-corrected chi connectivity index (χ0v) is 16.8. The zero-order valence-electron chi connectivity index (χ0n) is 14.5. The van der Waals surface area contributed by atoms with Crippen LogP contribution in [0.4, 0.5) is 0 Å². The minimum absolute atomic E-state index is 0. The maximum absolute atomic E-state index is 4.70. The first-order chi connectivity index (χ1) is 10.0. The van der Waals surface area contributed by atoms with Gasteiger partial charge in [-0.2, -0.15) is 0 Å². The van der Waals surface area contributed by atoms with E-state index in [0.29, 0.717) is 12.5 Å². The molecule has 0 bridgehead atoms. The Morgan fingerprint density at radius 2 is 1.77 bits per heavy atom. The van der Waals surface area contributed by atoms with Crippen LogP contribution in [0.2, 0.25) is 0 Å². The van der Waals surface area contributed by atoms with Gasteiger partial charge in [0.15, 0.2) is 5.96 Å². The molecule has 0 fully saturated rings. The molecule has 0 unspecified atom stereocenters. The molecule has 1 aromatic carbocycles. The molecule has 0 heterocycles. The number of benzene rings is 1. The molecule has 126 valence electrons. The summed E-state index contributed by atoms with van der Waals surface area (Å²) in [5.74, 6) is 1.50. The summed E-state index contributed by atoms with van der Waals surface area (Å²) in [6.07, 6.45) is 0. The molecule has 0 aliphatic heterocycles. The minimum atomic E-state index is 0. The van der Waals surface area contributed by atoms with E-state index in [-0.39, 0.29) is 24.0 Å². The Labute approximate surface area is 152 Å². The van der Waals surface area contributed by atoms with E-state index in [9.17, 15) is 0 Å². The zero-order chi connectivity index (χ0) is 15.7. The molecule has 0 saturated heterocycles. The van der Waals surface area contributed by atoms with E-state index in [1.165, 1.54) is 11.1 Å². The predicted octanol–water partition coefficient (Wildman–Crippen LogP) is 3.08. The summed E-state index contributed by atoms with van der Waals surface area (Å²) in [5.41, 5.74) is 2.62. The van der Waals surface area contributed by atoms with Crippen LogP contribution in [-0.2, 0) is 13.1 Å². The van der Waals surface area contributed by atoms with Crippen molar-refractivity contribution in [3.8, 4) is 0 Å². The van der Waals surface area contributed by atoms with E-state index in [1.54, 1.807) is 0 Å². The van der Waals surface area contributed by atoms with Gasteiger partial charge >= 0.3 is 0 Å². The Morgan fingerprint density at radius 3 is 2.32 bits per heavy atom. The van der Waals surface area contributed by atoms with Crippen LogP contribution in [-0.4, -0.2) is 38.0 Å². The third kappa shape index (κ3) is 8.58. The van der Waals surface area contributed by atoms with Crippen molar-refractivity contribution in [1.29, 1.82) is 0 Å². The quantitative estimate of drug-likeness (QED) is 0.406. The van der Waals surface area contributed by atoms with Crippen LogP contribution in [0.5, 0.6) is 0 Å². The van der Waals surface area contributed by atoms with Gasteiger partial charge in [-0.05, 0) is 38.1 Å². The Balaban J connectivity index is 0.00000441. The summed E-state index contributed by atoms with van der Waals surface area (Å²) in [4.78, 5) is 6.88. The van der Waals surface area contributed by atoms with Crippen LogP contribution in [0.15, 0.2) is 29.3 Å².